The smallest absolute Gasteiger partial charge is 0.358 e. The first-order chi connectivity index (χ1) is 8.56. The molecule has 5 heteroatoms. The van der Waals surface area contributed by atoms with Gasteiger partial charge in [0.15, 0.2) is 11.5 Å². The molecule has 0 aliphatic heterocycles. The van der Waals surface area contributed by atoms with Crippen LogP contribution in [0, 0.1) is 0 Å². The molecule has 5 nitrogen and oxygen atoms in total. The second-order valence-corrected chi connectivity index (χ2v) is 4.32. The molecule has 0 fully saturated rings. The van der Waals surface area contributed by atoms with E-state index in [1.165, 1.54) is 6.07 Å². The number of hydrogen-bond acceptors (Lipinski definition) is 4. The van der Waals surface area contributed by atoms with Crippen molar-refractivity contribution in [1.29, 1.82) is 0 Å². The Kier molecular flexibility index (Phi) is 3.43. The van der Waals surface area contributed by atoms with Crippen molar-refractivity contribution in [2.45, 2.75) is 6.54 Å². The number of carboxylic acid groups (broad SMARTS) is 1. The Morgan fingerprint density at radius 1 is 1.39 bits per heavy atom. The van der Waals surface area contributed by atoms with Gasteiger partial charge in [-0.25, -0.2) is 4.79 Å². The summed E-state index contributed by atoms with van der Waals surface area (Å²) in [6.07, 6.45) is 0. The molecule has 94 valence electrons. The van der Waals surface area contributed by atoms with Crippen molar-refractivity contribution in [3.63, 3.8) is 0 Å². The minimum Gasteiger partial charge on any atom is -0.476 e. The number of carbonyl (C=O) groups is 1. The van der Waals surface area contributed by atoms with Crippen LogP contribution in [0.2, 0.25) is 0 Å². The molecule has 0 radical (unpaired) electrons. The van der Waals surface area contributed by atoms with Gasteiger partial charge in [-0.05, 0) is 25.7 Å². The van der Waals surface area contributed by atoms with E-state index in [0.29, 0.717) is 5.76 Å². The monoisotopic (exact) mass is 246 g/mol. The van der Waals surface area contributed by atoms with Crippen LogP contribution in [0.4, 0.5) is 0 Å². The molecule has 0 amide bonds. The van der Waals surface area contributed by atoms with Crippen molar-refractivity contribution in [3.8, 4) is 11.3 Å². The van der Waals surface area contributed by atoms with Gasteiger partial charge in [0.25, 0.3) is 0 Å². The number of carboxylic acids is 1. The van der Waals surface area contributed by atoms with E-state index in [-0.39, 0.29) is 5.69 Å². The van der Waals surface area contributed by atoms with Gasteiger partial charge in [-0.1, -0.05) is 23.4 Å². The zero-order valence-electron chi connectivity index (χ0n) is 10.3. The molecule has 0 saturated heterocycles. The average Bonchev–Trinajstić information content (AvgIpc) is 2.77. The molecule has 2 rings (SSSR count). The summed E-state index contributed by atoms with van der Waals surface area (Å²) in [5, 5.41) is 12.3. The largest absolute Gasteiger partial charge is 0.476 e. The highest BCUT2D eigenvalue weighted by molar-refractivity contribution is 5.86. The van der Waals surface area contributed by atoms with E-state index in [9.17, 15) is 4.79 Å². The van der Waals surface area contributed by atoms with Crippen molar-refractivity contribution in [3.05, 3.63) is 41.6 Å². The maximum atomic E-state index is 10.7. The van der Waals surface area contributed by atoms with E-state index < -0.39 is 5.97 Å². The van der Waals surface area contributed by atoms with Gasteiger partial charge in [0.2, 0.25) is 0 Å². The van der Waals surface area contributed by atoms with E-state index >= 15 is 0 Å². The first-order valence-corrected chi connectivity index (χ1v) is 5.50. The maximum absolute atomic E-state index is 10.7. The molecule has 1 aromatic carbocycles. The van der Waals surface area contributed by atoms with Gasteiger partial charge in [0.05, 0.1) is 0 Å². The van der Waals surface area contributed by atoms with Crippen LogP contribution >= 0.6 is 0 Å². The van der Waals surface area contributed by atoms with E-state index in [2.05, 4.69) is 10.1 Å². The van der Waals surface area contributed by atoms with Gasteiger partial charge in [-0.3, -0.25) is 0 Å². The molecular formula is C13H14N2O3. The van der Waals surface area contributed by atoms with Gasteiger partial charge in [0.1, 0.15) is 0 Å². The van der Waals surface area contributed by atoms with Crippen LogP contribution in [-0.4, -0.2) is 35.2 Å². The Bertz CT molecular complexity index is 561. The lowest BCUT2D eigenvalue weighted by Gasteiger charge is -2.09. The van der Waals surface area contributed by atoms with Gasteiger partial charge in [-0.2, -0.15) is 0 Å². The van der Waals surface area contributed by atoms with Crippen LogP contribution in [0.5, 0.6) is 0 Å². The molecule has 0 unspecified atom stereocenters. The highest BCUT2D eigenvalue weighted by Gasteiger charge is 2.12. The first kappa shape index (κ1) is 12.3. The number of hydrogen-bond donors (Lipinski definition) is 1. The normalized spacial score (nSPS) is 10.8. The lowest BCUT2D eigenvalue weighted by Crippen LogP contribution is -2.10. The molecular weight excluding hydrogens is 232 g/mol. The standard InChI is InChI=1S/C13H14N2O3/c1-15(2)8-9-4-3-5-10(6-9)12-7-11(13(16)17)14-18-12/h3-7H,8H2,1-2H3,(H,16,17). The SMILES string of the molecule is CN(C)Cc1cccc(-c2cc(C(=O)O)no2)c1. The summed E-state index contributed by atoms with van der Waals surface area (Å²) in [6, 6.07) is 9.18. The Morgan fingerprint density at radius 3 is 2.78 bits per heavy atom. The lowest BCUT2D eigenvalue weighted by atomic mass is 10.1. The van der Waals surface area contributed by atoms with Gasteiger partial charge in [0, 0.05) is 18.2 Å². The van der Waals surface area contributed by atoms with Gasteiger partial charge >= 0.3 is 5.97 Å². The van der Waals surface area contributed by atoms with Crippen molar-refractivity contribution >= 4 is 5.97 Å². The Balaban J connectivity index is 2.29. The molecule has 1 N–H and O–H groups in total. The lowest BCUT2D eigenvalue weighted by molar-refractivity contribution is 0.0686. The van der Waals surface area contributed by atoms with E-state index in [1.807, 2.05) is 38.4 Å². The summed E-state index contributed by atoms with van der Waals surface area (Å²) in [7, 11) is 3.98. The molecule has 0 atom stereocenters. The quantitative estimate of drug-likeness (QED) is 0.894. The fraction of sp³-hybridized carbons (Fsp3) is 0.231. The van der Waals surface area contributed by atoms with Crippen molar-refractivity contribution in [2.24, 2.45) is 0 Å². The molecule has 18 heavy (non-hydrogen) atoms. The summed E-state index contributed by atoms with van der Waals surface area (Å²) < 4.78 is 5.03. The molecule has 0 spiro atoms. The fourth-order valence-electron chi connectivity index (χ4n) is 1.70. The summed E-state index contributed by atoms with van der Waals surface area (Å²) in [5.41, 5.74) is 1.88. The van der Waals surface area contributed by atoms with Gasteiger partial charge in [-0.15, -0.1) is 0 Å². The third-order valence-corrected chi connectivity index (χ3v) is 2.44. The molecule has 0 bridgehead atoms. The van der Waals surface area contributed by atoms with Crippen LogP contribution in [0.3, 0.4) is 0 Å². The average molecular weight is 246 g/mol. The minimum absolute atomic E-state index is 0.0805. The number of nitrogens with zero attached hydrogens (tertiary/aromatic N) is 2. The highest BCUT2D eigenvalue weighted by atomic mass is 16.5. The fourth-order valence-corrected chi connectivity index (χ4v) is 1.70. The third kappa shape index (κ3) is 2.75. The van der Waals surface area contributed by atoms with Crippen molar-refractivity contribution < 1.29 is 14.4 Å². The molecule has 0 aliphatic rings. The van der Waals surface area contributed by atoms with E-state index in [0.717, 1.165) is 17.7 Å². The summed E-state index contributed by atoms with van der Waals surface area (Å²) >= 11 is 0. The number of benzene rings is 1. The first-order valence-electron chi connectivity index (χ1n) is 5.50. The van der Waals surface area contributed by atoms with Crippen LogP contribution in [0.15, 0.2) is 34.9 Å². The van der Waals surface area contributed by atoms with Crippen LogP contribution in [-0.2, 0) is 6.54 Å². The molecule has 1 aromatic heterocycles. The second kappa shape index (κ2) is 5.01. The Labute approximate surface area is 105 Å². The highest BCUT2D eigenvalue weighted by Crippen LogP contribution is 2.21. The molecule has 0 aliphatic carbocycles. The van der Waals surface area contributed by atoms with Gasteiger partial charge < -0.3 is 14.5 Å². The summed E-state index contributed by atoms with van der Waals surface area (Å²) in [6.45, 7) is 0.813. The third-order valence-electron chi connectivity index (χ3n) is 2.44. The summed E-state index contributed by atoms with van der Waals surface area (Å²) in [5.74, 6) is -0.623. The number of rotatable bonds is 4. The van der Waals surface area contributed by atoms with E-state index in [4.69, 9.17) is 9.63 Å². The zero-order valence-corrected chi connectivity index (χ0v) is 10.3. The topological polar surface area (TPSA) is 66.6 Å². The molecule has 0 saturated carbocycles. The molecule has 1 heterocycles. The predicted molar refractivity (Wildman–Crippen MR) is 66.3 cm³/mol. The molecule has 2 aromatic rings. The Morgan fingerprint density at radius 2 is 2.17 bits per heavy atom. The minimum atomic E-state index is -1.09. The van der Waals surface area contributed by atoms with Crippen molar-refractivity contribution in [1.82, 2.24) is 10.1 Å². The van der Waals surface area contributed by atoms with Crippen molar-refractivity contribution in [2.75, 3.05) is 14.1 Å². The zero-order chi connectivity index (χ0) is 13.1. The second-order valence-electron chi connectivity index (χ2n) is 4.32. The number of aromatic carboxylic acids is 1. The van der Waals surface area contributed by atoms with Crippen LogP contribution in [0.25, 0.3) is 11.3 Å². The van der Waals surface area contributed by atoms with E-state index in [1.54, 1.807) is 0 Å². The number of aromatic nitrogens is 1. The van der Waals surface area contributed by atoms with Crippen LogP contribution in [0.1, 0.15) is 16.1 Å². The predicted octanol–water partition coefficient (Wildman–Crippen LogP) is 2.10. The van der Waals surface area contributed by atoms with Crippen LogP contribution < -0.4 is 0 Å². The maximum Gasteiger partial charge on any atom is 0.358 e. The Hall–Kier alpha value is -2.14. The summed E-state index contributed by atoms with van der Waals surface area (Å²) in [4.78, 5) is 12.8.